The Balaban J connectivity index is 2.19. The minimum Gasteiger partial charge on any atom is -0.375 e. The topological polar surface area (TPSA) is 98.1 Å². The Labute approximate surface area is 111 Å². The zero-order valence-electron chi connectivity index (χ0n) is 10.9. The number of aliphatic imine (C=N–C) groups is 1. The van der Waals surface area contributed by atoms with Gasteiger partial charge < -0.3 is 10.8 Å². The largest absolute Gasteiger partial charge is 0.375 e. The van der Waals surface area contributed by atoms with Gasteiger partial charge in [-0.05, 0) is 31.5 Å². The van der Waals surface area contributed by atoms with Crippen LogP contribution in [0, 0.1) is 5.41 Å². The fraction of sp³-hybridized carbons (Fsp3) is 0.308. The molecule has 0 radical (unpaired) electrons. The van der Waals surface area contributed by atoms with Crippen molar-refractivity contribution in [2.24, 2.45) is 15.8 Å². The van der Waals surface area contributed by atoms with E-state index >= 15 is 0 Å². The Morgan fingerprint density at radius 2 is 1.95 bits per heavy atom. The molecule has 1 aliphatic heterocycles. The summed E-state index contributed by atoms with van der Waals surface area (Å²) in [6.07, 6.45) is 0.595. The summed E-state index contributed by atoms with van der Waals surface area (Å²) in [5, 5.41) is 22.9. The lowest BCUT2D eigenvalue weighted by molar-refractivity contribution is 0.186. The molecule has 1 aromatic carbocycles. The lowest BCUT2D eigenvalue weighted by atomic mass is 10.2. The third kappa shape index (κ3) is 2.86. The van der Waals surface area contributed by atoms with Crippen LogP contribution in [-0.4, -0.2) is 33.9 Å². The van der Waals surface area contributed by atoms with Crippen molar-refractivity contribution < 1.29 is 5.11 Å². The molecule has 1 atom stereocenters. The van der Waals surface area contributed by atoms with Crippen LogP contribution >= 0.6 is 0 Å². The predicted octanol–water partition coefficient (Wildman–Crippen LogP) is 1.40. The van der Waals surface area contributed by atoms with E-state index < -0.39 is 6.23 Å². The molecular weight excluding hydrogens is 242 g/mol. The zero-order chi connectivity index (χ0) is 14.0. The van der Waals surface area contributed by atoms with E-state index in [2.05, 4.69) is 10.1 Å². The fourth-order valence-electron chi connectivity index (χ4n) is 1.71. The third-order valence-corrected chi connectivity index (χ3v) is 2.75. The second-order valence-corrected chi connectivity index (χ2v) is 4.56. The molecular formula is C13H17N5O. The number of aliphatic hydroxyl groups is 1. The summed E-state index contributed by atoms with van der Waals surface area (Å²) in [6, 6.07) is 7.04. The maximum Gasteiger partial charge on any atom is 0.169 e. The van der Waals surface area contributed by atoms with Crippen molar-refractivity contribution in [1.82, 2.24) is 5.01 Å². The first-order valence-corrected chi connectivity index (χ1v) is 6.03. The first kappa shape index (κ1) is 13.4. The van der Waals surface area contributed by atoms with Gasteiger partial charge in [-0.15, -0.1) is 0 Å². The van der Waals surface area contributed by atoms with Gasteiger partial charge in [0, 0.05) is 6.04 Å². The van der Waals surface area contributed by atoms with Gasteiger partial charge in [-0.2, -0.15) is 5.10 Å². The smallest absolute Gasteiger partial charge is 0.169 e. The van der Waals surface area contributed by atoms with Gasteiger partial charge in [-0.25, -0.2) is 10.0 Å². The monoisotopic (exact) mass is 259 g/mol. The molecule has 0 fully saturated rings. The van der Waals surface area contributed by atoms with Crippen molar-refractivity contribution in [2.45, 2.75) is 26.1 Å². The molecule has 2 rings (SSSR count). The number of amidine groups is 1. The quantitative estimate of drug-likeness (QED) is 0.715. The zero-order valence-corrected chi connectivity index (χ0v) is 10.9. The highest BCUT2D eigenvalue weighted by Gasteiger charge is 2.22. The Morgan fingerprint density at radius 3 is 2.42 bits per heavy atom. The van der Waals surface area contributed by atoms with Gasteiger partial charge in [0.1, 0.15) is 11.9 Å². The molecule has 6 nitrogen and oxygen atoms in total. The molecule has 0 bridgehead atoms. The summed E-state index contributed by atoms with van der Waals surface area (Å²) in [6.45, 7) is 3.93. The third-order valence-electron chi connectivity index (χ3n) is 2.75. The number of nitrogens with zero attached hydrogens (tertiary/aromatic N) is 3. The van der Waals surface area contributed by atoms with Crippen molar-refractivity contribution in [3.8, 4) is 0 Å². The van der Waals surface area contributed by atoms with Crippen molar-refractivity contribution in [3.63, 3.8) is 0 Å². The summed E-state index contributed by atoms with van der Waals surface area (Å²) in [4.78, 5) is 4.35. The van der Waals surface area contributed by atoms with Gasteiger partial charge in [0.25, 0.3) is 0 Å². The van der Waals surface area contributed by atoms with Crippen LogP contribution in [-0.2, 0) is 0 Å². The van der Waals surface area contributed by atoms with Crippen LogP contribution in [0.3, 0.4) is 0 Å². The highest BCUT2D eigenvalue weighted by Crippen LogP contribution is 2.17. The maximum atomic E-state index is 9.22. The molecule has 6 heteroatoms. The van der Waals surface area contributed by atoms with Crippen molar-refractivity contribution in [2.75, 3.05) is 0 Å². The standard InChI is InChI=1S/C13H17N5O/c1-8(2)18-12(14)11(7-16-18)17-10-5-3-9(4-6-10)13(15)19/h3-8,13-14,19H,15H2,1-2H3. The maximum absolute atomic E-state index is 9.22. The van der Waals surface area contributed by atoms with Crippen LogP contribution in [0.5, 0.6) is 0 Å². The molecule has 0 saturated carbocycles. The fourth-order valence-corrected chi connectivity index (χ4v) is 1.71. The van der Waals surface area contributed by atoms with Gasteiger partial charge in [-0.3, -0.25) is 5.41 Å². The molecule has 1 heterocycles. The number of benzene rings is 1. The molecule has 1 aliphatic rings. The van der Waals surface area contributed by atoms with E-state index in [1.165, 1.54) is 0 Å². The second kappa shape index (κ2) is 5.29. The minimum atomic E-state index is -0.982. The first-order chi connectivity index (χ1) is 8.99. The highest BCUT2D eigenvalue weighted by atomic mass is 16.3. The van der Waals surface area contributed by atoms with Crippen LogP contribution in [0.4, 0.5) is 5.69 Å². The SMILES string of the molecule is CC(C)N1N=CC(=Nc2ccc(C(N)O)cc2)C1=N. The second-order valence-electron chi connectivity index (χ2n) is 4.56. The van der Waals surface area contributed by atoms with E-state index in [1.807, 2.05) is 13.8 Å². The van der Waals surface area contributed by atoms with E-state index in [1.54, 1.807) is 35.5 Å². The van der Waals surface area contributed by atoms with E-state index in [9.17, 15) is 5.11 Å². The van der Waals surface area contributed by atoms with E-state index in [0.29, 0.717) is 17.0 Å². The lowest BCUT2D eigenvalue weighted by Crippen LogP contribution is -2.31. The van der Waals surface area contributed by atoms with Crippen LogP contribution in [0.2, 0.25) is 0 Å². The summed E-state index contributed by atoms with van der Waals surface area (Å²) in [5.41, 5.74) is 7.20. The summed E-state index contributed by atoms with van der Waals surface area (Å²) < 4.78 is 0. The molecule has 1 aromatic rings. The molecule has 19 heavy (non-hydrogen) atoms. The Morgan fingerprint density at radius 1 is 1.32 bits per heavy atom. The number of aliphatic hydroxyl groups excluding tert-OH is 1. The number of nitrogens with two attached hydrogens (primary N) is 1. The van der Waals surface area contributed by atoms with E-state index in [0.717, 1.165) is 0 Å². The molecule has 0 aliphatic carbocycles. The summed E-state index contributed by atoms with van der Waals surface area (Å²) in [7, 11) is 0. The van der Waals surface area contributed by atoms with Crippen LogP contribution < -0.4 is 5.73 Å². The molecule has 0 aromatic heterocycles. The lowest BCUT2D eigenvalue weighted by Gasteiger charge is -2.17. The molecule has 0 saturated heterocycles. The average molecular weight is 259 g/mol. The Hall–Kier alpha value is -2.05. The van der Waals surface area contributed by atoms with Gasteiger partial charge in [0.15, 0.2) is 5.84 Å². The van der Waals surface area contributed by atoms with Crippen molar-refractivity contribution in [1.29, 1.82) is 5.41 Å². The van der Waals surface area contributed by atoms with Gasteiger partial charge in [0.05, 0.1) is 11.9 Å². The number of hydrazone groups is 1. The van der Waals surface area contributed by atoms with Gasteiger partial charge in [-0.1, -0.05) is 12.1 Å². The number of hydrogen-bond donors (Lipinski definition) is 3. The highest BCUT2D eigenvalue weighted by molar-refractivity contribution is 6.63. The van der Waals surface area contributed by atoms with Gasteiger partial charge >= 0.3 is 0 Å². The number of rotatable bonds is 3. The van der Waals surface area contributed by atoms with Crippen LogP contribution in [0.25, 0.3) is 0 Å². The van der Waals surface area contributed by atoms with Crippen LogP contribution in [0.1, 0.15) is 25.6 Å². The van der Waals surface area contributed by atoms with E-state index in [-0.39, 0.29) is 11.9 Å². The average Bonchev–Trinajstić information content (AvgIpc) is 2.72. The molecule has 1 unspecified atom stereocenters. The van der Waals surface area contributed by atoms with Crippen molar-refractivity contribution in [3.05, 3.63) is 29.8 Å². The molecule has 0 spiro atoms. The first-order valence-electron chi connectivity index (χ1n) is 6.03. The number of nitrogens with one attached hydrogen (secondary N) is 1. The van der Waals surface area contributed by atoms with Crippen LogP contribution in [0.15, 0.2) is 34.4 Å². The molecule has 4 N–H and O–H groups in total. The number of hydrogen-bond acceptors (Lipinski definition) is 5. The van der Waals surface area contributed by atoms with E-state index in [4.69, 9.17) is 11.1 Å². The Kier molecular flexibility index (Phi) is 3.73. The van der Waals surface area contributed by atoms with Gasteiger partial charge in [0.2, 0.25) is 0 Å². The summed E-state index contributed by atoms with van der Waals surface area (Å²) >= 11 is 0. The predicted molar refractivity (Wildman–Crippen MR) is 75.9 cm³/mol. The summed E-state index contributed by atoms with van der Waals surface area (Å²) in [5.74, 6) is 0.290. The Bertz CT molecular complexity index is 530. The molecule has 0 amide bonds. The molecule has 100 valence electrons. The van der Waals surface area contributed by atoms with Crippen molar-refractivity contribution >= 4 is 23.4 Å². The normalized spacial score (nSPS) is 18.7. The minimum absolute atomic E-state index is 0.131.